The van der Waals surface area contributed by atoms with E-state index in [0.29, 0.717) is 10.4 Å². The monoisotopic (exact) mass is 272 g/mol. The Kier molecular flexibility index (Phi) is 4.20. The van der Waals surface area contributed by atoms with E-state index in [4.69, 9.17) is 0 Å². The number of hydrogen-bond acceptors (Lipinski definition) is 4. The van der Waals surface area contributed by atoms with Crippen molar-refractivity contribution in [3.8, 4) is 0 Å². The van der Waals surface area contributed by atoms with E-state index < -0.39 is 0 Å². The second-order valence-corrected chi connectivity index (χ2v) is 4.65. The number of aromatic nitrogens is 1. The molecule has 4 nitrogen and oxygen atoms in total. The SMILES string of the molecule is CNC(=O)c1ccc(C=CC(=O)c2cncs2)cc1. The molecule has 1 N–H and O–H groups in total. The molecule has 0 aliphatic carbocycles. The minimum absolute atomic E-state index is 0.0714. The summed E-state index contributed by atoms with van der Waals surface area (Å²) in [7, 11) is 1.59. The van der Waals surface area contributed by atoms with Gasteiger partial charge < -0.3 is 5.32 Å². The Morgan fingerprint density at radius 3 is 2.58 bits per heavy atom. The normalized spacial score (nSPS) is 10.6. The number of carbonyl (C=O) groups is 2. The van der Waals surface area contributed by atoms with E-state index in [1.54, 1.807) is 49.1 Å². The molecule has 1 amide bonds. The average molecular weight is 272 g/mol. The maximum atomic E-state index is 11.7. The summed E-state index contributed by atoms with van der Waals surface area (Å²) in [6.07, 6.45) is 4.77. The Morgan fingerprint density at radius 1 is 1.26 bits per heavy atom. The zero-order valence-electron chi connectivity index (χ0n) is 10.3. The molecule has 0 saturated heterocycles. The number of nitrogens with one attached hydrogen (secondary N) is 1. The molecule has 2 aromatic rings. The fourth-order valence-electron chi connectivity index (χ4n) is 1.48. The summed E-state index contributed by atoms with van der Waals surface area (Å²) >= 11 is 1.31. The third-order valence-electron chi connectivity index (χ3n) is 2.50. The van der Waals surface area contributed by atoms with E-state index >= 15 is 0 Å². The van der Waals surface area contributed by atoms with Gasteiger partial charge in [-0.05, 0) is 23.8 Å². The lowest BCUT2D eigenvalue weighted by molar-refractivity contribution is 0.0962. The van der Waals surface area contributed by atoms with Crippen LogP contribution < -0.4 is 5.32 Å². The van der Waals surface area contributed by atoms with Crippen LogP contribution in [0.3, 0.4) is 0 Å². The summed E-state index contributed by atoms with van der Waals surface area (Å²) in [6.45, 7) is 0. The predicted octanol–water partition coefficient (Wildman–Crippen LogP) is 2.40. The van der Waals surface area contributed by atoms with E-state index in [9.17, 15) is 9.59 Å². The number of benzene rings is 1. The molecule has 0 bridgehead atoms. The van der Waals surface area contributed by atoms with Crippen LogP contribution in [0, 0.1) is 0 Å². The molecule has 0 unspecified atom stereocenters. The van der Waals surface area contributed by atoms with Crippen molar-refractivity contribution < 1.29 is 9.59 Å². The van der Waals surface area contributed by atoms with Gasteiger partial charge in [0.2, 0.25) is 0 Å². The third kappa shape index (κ3) is 3.35. The van der Waals surface area contributed by atoms with Gasteiger partial charge in [0.05, 0.1) is 10.4 Å². The molecule has 0 fully saturated rings. The fourth-order valence-corrected chi connectivity index (χ4v) is 2.02. The molecule has 2 rings (SSSR count). The van der Waals surface area contributed by atoms with Gasteiger partial charge in [0, 0.05) is 18.8 Å². The maximum Gasteiger partial charge on any atom is 0.251 e. The Balaban J connectivity index is 2.07. The highest BCUT2D eigenvalue weighted by atomic mass is 32.1. The minimum Gasteiger partial charge on any atom is -0.355 e. The maximum absolute atomic E-state index is 11.7. The van der Waals surface area contributed by atoms with Crippen LogP contribution in [0.4, 0.5) is 0 Å². The van der Waals surface area contributed by atoms with Crippen molar-refractivity contribution in [1.82, 2.24) is 10.3 Å². The molecule has 96 valence electrons. The number of thiazole rings is 1. The Hall–Kier alpha value is -2.27. The van der Waals surface area contributed by atoms with Crippen LogP contribution in [0.2, 0.25) is 0 Å². The van der Waals surface area contributed by atoms with E-state index in [1.165, 1.54) is 17.4 Å². The van der Waals surface area contributed by atoms with Crippen LogP contribution in [-0.2, 0) is 0 Å². The molecule has 5 heteroatoms. The lowest BCUT2D eigenvalue weighted by atomic mass is 10.1. The van der Waals surface area contributed by atoms with Gasteiger partial charge in [-0.3, -0.25) is 14.6 Å². The van der Waals surface area contributed by atoms with E-state index in [1.807, 2.05) is 0 Å². The van der Waals surface area contributed by atoms with Crippen LogP contribution in [0.5, 0.6) is 0 Å². The third-order valence-corrected chi connectivity index (χ3v) is 3.29. The lowest BCUT2D eigenvalue weighted by Gasteiger charge is -1.99. The number of amides is 1. The molecular formula is C14H12N2O2S. The van der Waals surface area contributed by atoms with Gasteiger partial charge in [-0.15, -0.1) is 11.3 Å². The van der Waals surface area contributed by atoms with Crippen molar-refractivity contribution in [2.45, 2.75) is 0 Å². The number of hydrogen-bond donors (Lipinski definition) is 1. The first-order chi connectivity index (χ1) is 9.20. The van der Waals surface area contributed by atoms with Crippen molar-refractivity contribution in [3.05, 3.63) is 58.1 Å². The van der Waals surface area contributed by atoms with Gasteiger partial charge in [0.25, 0.3) is 5.91 Å². The number of nitrogens with zero attached hydrogens (tertiary/aromatic N) is 1. The molecule has 1 heterocycles. The van der Waals surface area contributed by atoms with Crippen molar-refractivity contribution >= 4 is 29.1 Å². The Bertz CT molecular complexity index is 601. The summed E-state index contributed by atoms with van der Waals surface area (Å²) in [5, 5.41) is 2.55. The van der Waals surface area contributed by atoms with Gasteiger partial charge in [0.1, 0.15) is 0 Å². The topological polar surface area (TPSA) is 59.1 Å². The van der Waals surface area contributed by atoms with Crippen molar-refractivity contribution in [3.63, 3.8) is 0 Å². The summed E-state index contributed by atoms with van der Waals surface area (Å²) in [6, 6.07) is 7.02. The number of ketones is 1. The lowest BCUT2D eigenvalue weighted by Crippen LogP contribution is -2.17. The summed E-state index contributed by atoms with van der Waals surface area (Å²) in [5.41, 5.74) is 3.08. The van der Waals surface area contributed by atoms with Crippen LogP contribution in [0.25, 0.3) is 6.08 Å². The summed E-state index contributed by atoms with van der Waals surface area (Å²) < 4.78 is 0. The zero-order valence-corrected chi connectivity index (χ0v) is 11.1. The van der Waals surface area contributed by atoms with Gasteiger partial charge in [-0.25, -0.2) is 0 Å². The first-order valence-electron chi connectivity index (χ1n) is 5.64. The average Bonchev–Trinajstić information content (AvgIpc) is 2.98. The highest BCUT2D eigenvalue weighted by Crippen LogP contribution is 2.10. The van der Waals surface area contributed by atoms with Gasteiger partial charge in [0.15, 0.2) is 5.78 Å². The standard InChI is InChI=1S/C14H12N2O2S/c1-15-14(18)11-5-2-10(3-6-11)4-7-12(17)13-8-16-9-19-13/h2-9H,1H3,(H,15,18). The molecule has 0 saturated carbocycles. The van der Waals surface area contributed by atoms with Crippen molar-refractivity contribution in [2.75, 3.05) is 7.05 Å². The number of allylic oxidation sites excluding steroid dienone is 1. The number of carbonyl (C=O) groups excluding carboxylic acids is 2. The number of rotatable bonds is 4. The van der Waals surface area contributed by atoms with Crippen LogP contribution in [-0.4, -0.2) is 23.7 Å². The summed E-state index contributed by atoms with van der Waals surface area (Å²) in [5.74, 6) is -0.200. The van der Waals surface area contributed by atoms with Crippen molar-refractivity contribution in [1.29, 1.82) is 0 Å². The highest BCUT2D eigenvalue weighted by molar-refractivity contribution is 7.11. The van der Waals surface area contributed by atoms with Crippen LogP contribution >= 0.6 is 11.3 Å². The van der Waals surface area contributed by atoms with E-state index in [2.05, 4.69) is 10.3 Å². The fraction of sp³-hybridized carbons (Fsp3) is 0.0714. The molecule has 0 aliphatic heterocycles. The molecule has 0 radical (unpaired) electrons. The van der Waals surface area contributed by atoms with Gasteiger partial charge in [-0.1, -0.05) is 18.2 Å². The largest absolute Gasteiger partial charge is 0.355 e. The Morgan fingerprint density at radius 2 is 2.00 bits per heavy atom. The highest BCUT2D eigenvalue weighted by Gasteiger charge is 2.03. The smallest absolute Gasteiger partial charge is 0.251 e. The zero-order chi connectivity index (χ0) is 13.7. The summed E-state index contributed by atoms with van der Waals surface area (Å²) in [4.78, 5) is 27.5. The van der Waals surface area contributed by atoms with E-state index in [-0.39, 0.29) is 11.7 Å². The first-order valence-corrected chi connectivity index (χ1v) is 6.51. The van der Waals surface area contributed by atoms with E-state index in [0.717, 1.165) is 5.56 Å². The first kappa shape index (κ1) is 13.2. The Labute approximate surface area is 114 Å². The second kappa shape index (κ2) is 6.06. The van der Waals surface area contributed by atoms with Gasteiger partial charge >= 0.3 is 0 Å². The van der Waals surface area contributed by atoms with Crippen LogP contribution in [0.15, 0.2) is 42.0 Å². The van der Waals surface area contributed by atoms with Crippen molar-refractivity contribution in [2.24, 2.45) is 0 Å². The van der Waals surface area contributed by atoms with Crippen LogP contribution in [0.1, 0.15) is 25.6 Å². The second-order valence-electron chi connectivity index (χ2n) is 3.76. The molecule has 0 spiro atoms. The molecular weight excluding hydrogens is 260 g/mol. The predicted molar refractivity (Wildman–Crippen MR) is 75.3 cm³/mol. The van der Waals surface area contributed by atoms with Gasteiger partial charge in [-0.2, -0.15) is 0 Å². The quantitative estimate of drug-likeness (QED) is 0.686. The molecule has 19 heavy (non-hydrogen) atoms. The minimum atomic E-state index is -0.128. The molecule has 1 aromatic heterocycles. The molecule has 0 atom stereocenters. The molecule has 0 aliphatic rings. The molecule has 1 aromatic carbocycles.